The maximum Gasteiger partial charge on any atom is 0.239 e. The highest BCUT2D eigenvalue weighted by Crippen LogP contribution is 2.22. The minimum Gasteiger partial charge on any atom is -0.323 e. The van der Waals surface area contributed by atoms with E-state index in [9.17, 15) is 9.18 Å². The van der Waals surface area contributed by atoms with Crippen LogP contribution < -0.4 is 5.32 Å². The molecule has 1 rings (SSSR count). The van der Waals surface area contributed by atoms with E-state index in [1.165, 1.54) is 6.07 Å². The largest absolute Gasteiger partial charge is 0.323 e. The quantitative estimate of drug-likeness (QED) is 0.820. The first-order valence-electron chi connectivity index (χ1n) is 3.45. The van der Waals surface area contributed by atoms with Gasteiger partial charge in [0.25, 0.3) is 0 Å². The van der Waals surface area contributed by atoms with E-state index in [2.05, 4.69) is 21.2 Å². The van der Waals surface area contributed by atoms with E-state index in [1.54, 1.807) is 12.1 Å². The number of carbonyl (C=O) groups excluding carboxylic acids is 1. The standard InChI is InChI=1S/C8H6BrClFNO/c9-5-2-1-3-6(8(5)11)12-7(13)4-10/h1-3H,4H2,(H,12,13). The van der Waals surface area contributed by atoms with Crippen molar-refractivity contribution in [2.75, 3.05) is 11.2 Å². The molecule has 0 unspecified atom stereocenters. The maximum atomic E-state index is 13.2. The second-order valence-electron chi connectivity index (χ2n) is 2.28. The smallest absolute Gasteiger partial charge is 0.239 e. The third-order valence-corrected chi connectivity index (χ3v) is 2.20. The molecule has 0 bridgehead atoms. The molecule has 0 saturated carbocycles. The molecular formula is C8H6BrClFNO. The first kappa shape index (κ1) is 10.5. The van der Waals surface area contributed by atoms with Crippen molar-refractivity contribution in [3.8, 4) is 0 Å². The molecule has 13 heavy (non-hydrogen) atoms. The molecule has 0 aliphatic carbocycles. The van der Waals surface area contributed by atoms with Crippen LogP contribution in [0.4, 0.5) is 10.1 Å². The molecule has 0 fully saturated rings. The third-order valence-electron chi connectivity index (χ3n) is 1.35. The van der Waals surface area contributed by atoms with Crippen LogP contribution in [0, 0.1) is 5.82 Å². The molecule has 0 heterocycles. The highest BCUT2D eigenvalue weighted by molar-refractivity contribution is 9.10. The fourth-order valence-electron chi connectivity index (χ4n) is 0.784. The molecule has 1 aromatic carbocycles. The van der Waals surface area contributed by atoms with Crippen LogP contribution in [0.5, 0.6) is 0 Å². The summed E-state index contributed by atoms with van der Waals surface area (Å²) in [6.45, 7) is 0. The van der Waals surface area contributed by atoms with Crippen molar-refractivity contribution in [1.29, 1.82) is 0 Å². The van der Waals surface area contributed by atoms with Gasteiger partial charge in [0.05, 0.1) is 10.2 Å². The first-order valence-corrected chi connectivity index (χ1v) is 4.77. The fourth-order valence-corrected chi connectivity index (χ4v) is 1.22. The summed E-state index contributed by atoms with van der Waals surface area (Å²) in [4.78, 5) is 10.8. The molecular weight excluding hydrogens is 260 g/mol. The third kappa shape index (κ3) is 2.67. The zero-order chi connectivity index (χ0) is 9.84. The second kappa shape index (κ2) is 4.58. The van der Waals surface area contributed by atoms with Gasteiger partial charge in [-0.25, -0.2) is 4.39 Å². The molecule has 0 aliphatic rings. The van der Waals surface area contributed by atoms with Crippen LogP contribution in [0.1, 0.15) is 0 Å². The van der Waals surface area contributed by atoms with Crippen LogP contribution in [0.3, 0.4) is 0 Å². The molecule has 0 radical (unpaired) electrons. The summed E-state index contributed by atoms with van der Waals surface area (Å²) in [5, 5.41) is 2.32. The van der Waals surface area contributed by atoms with Crippen LogP contribution in [-0.4, -0.2) is 11.8 Å². The molecule has 2 nitrogen and oxygen atoms in total. The number of halogens is 3. The Morgan fingerprint density at radius 2 is 2.31 bits per heavy atom. The average molecular weight is 266 g/mol. The molecule has 5 heteroatoms. The van der Waals surface area contributed by atoms with Crippen molar-refractivity contribution < 1.29 is 9.18 Å². The Morgan fingerprint density at radius 3 is 2.92 bits per heavy atom. The van der Waals surface area contributed by atoms with Gasteiger partial charge in [0.15, 0.2) is 5.82 Å². The van der Waals surface area contributed by atoms with Gasteiger partial charge in [-0.2, -0.15) is 0 Å². The van der Waals surface area contributed by atoms with E-state index in [0.29, 0.717) is 4.47 Å². The second-order valence-corrected chi connectivity index (χ2v) is 3.40. The number of anilines is 1. The Bertz CT molecular complexity index is 332. The van der Waals surface area contributed by atoms with E-state index < -0.39 is 11.7 Å². The molecule has 0 aromatic heterocycles. The number of carbonyl (C=O) groups is 1. The normalized spacial score (nSPS) is 9.77. The SMILES string of the molecule is O=C(CCl)Nc1cccc(Br)c1F. The minimum atomic E-state index is -0.499. The van der Waals surface area contributed by atoms with Crippen LogP contribution in [0.25, 0.3) is 0 Å². The highest BCUT2D eigenvalue weighted by atomic mass is 79.9. The number of nitrogens with one attached hydrogen (secondary N) is 1. The summed E-state index contributed by atoms with van der Waals surface area (Å²) in [5.74, 6) is -1.12. The monoisotopic (exact) mass is 265 g/mol. The zero-order valence-corrected chi connectivity index (χ0v) is 8.82. The number of benzene rings is 1. The van der Waals surface area contributed by atoms with E-state index in [0.717, 1.165) is 0 Å². The average Bonchev–Trinajstić information content (AvgIpc) is 2.13. The van der Waals surface area contributed by atoms with E-state index in [1.807, 2.05) is 0 Å². The molecule has 0 spiro atoms. The summed E-state index contributed by atoms with van der Waals surface area (Å²) in [6, 6.07) is 4.63. The molecule has 0 saturated heterocycles. The molecule has 0 aliphatic heterocycles. The van der Waals surface area contributed by atoms with Crippen LogP contribution in [-0.2, 0) is 4.79 Å². The zero-order valence-electron chi connectivity index (χ0n) is 6.48. The summed E-state index contributed by atoms with van der Waals surface area (Å²) in [6.07, 6.45) is 0. The van der Waals surface area contributed by atoms with Crippen LogP contribution >= 0.6 is 27.5 Å². The Labute approximate surface area is 88.2 Å². The summed E-state index contributed by atoms with van der Waals surface area (Å²) in [5.41, 5.74) is 0.125. The van der Waals surface area contributed by atoms with E-state index >= 15 is 0 Å². The lowest BCUT2D eigenvalue weighted by molar-refractivity contribution is -0.113. The summed E-state index contributed by atoms with van der Waals surface area (Å²) < 4.78 is 13.5. The Hall–Kier alpha value is -0.610. The van der Waals surface area contributed by atoms with Gasteiger partial charge >= 0.3 is 0 Å². The lowest BCUT2D eigenvalue weighted by Gasteiger charge is -2.04. The topological polar surface area (TPSA) is 29.1 Å². The minimum absolute atomic E-state index is 0.125. The fraction of sp³-hybridized carbons (Fsp3) is 0.125. The van der Waals surface area contributed by atoms with Gasteiger partial charge in [-0.05, 0) is 28.1 Å². The van der Waals surface area contributed by atoms with E-state index in [-0.39, 0.29) is 11.6 Å². The van der Waals surface area contributed by atoms with Crippen molar-refractivity contribution in [2.24, 2.45) is 0 Å². The molecule has 1 N–H and O–H groups in total. The first-order chi connectivity index (χ1) is 6.15. The predicted molar refractivity (Wildman–Crippen MR) is 53.4 cm³/mol. The van der Waals surface area contributed by atoms with Crippen molar-refractivity contribution in [1.82, 2.24) is 0 Å². The highest BCUT2D eigenvalue weighted by Gasteiger charge is 2.07. The summed E-state index contributed by atoms with van der Waals surface area (Å²) >= 11 is 8.25. The Balaban J connectivity index is 2.89. The van der Waals surface area contributed by atoms with Crippen molar-refractivity contribution in [3.63, 3.8) is 0 Å². The van der Waals surface area contributed by atoms with Crippen molar-refractivity contribution >= 4 is 39.1 Å². The van der Waals surface area contributed by atoms with Gasteiger partial charge < -0.3 is 5.32 Å². The van der Waals surface area contributed by atoms with Crippen LogP contribution in [0.15, 0.2) is 22.7 Å². The molecule has 70 valence electrons. The van der Waals surface area contributed by atoms with Gasteiger partial charge in [-0.3, -0.25) is 4.79 Å². The Kier molecular flexibility index (Phi) is 3.69. The lowest BCUT2D eigenvalue weighted by Crippen LogP contribution is -2.13. The number of hydrogen-bond acceptors (Lipinski definition) is 1. The van der Waals surface area contributed by atoms with Gasteiger partial charge in [0, 0.05) is 0 Å². The van der Waals surface area contributed by atoms with Gasteiger partial charge in [-0.1, -0.05) is 6.07 Å². The number of alkyl halides is 1. The lowest BCUT2D eigenvalue weighted by atomic mass is 10.3. The van der Waals surface area contributed by atoms with Gasteiger partial charge in [0.2, 0.25) is 5.91 Å². The number of amides is 1. The molecule has 1 amide bonds. The maximum absolute atomic E-state index is 13.2. The molecule has 1 aromatic rings. The predicted octanol–water partition coefficient (Wildman–Crippen LogP) is 2.77. The Morgan fingerprint density at radius 1 is 1.62 bits per heavy atom. The summed E-state index contributed by atoms with van der Waals surface area (Å²) in [7, 11) is 0. The number of hydrogen-bond donors (Lipinski definition) is 1. The van der Waals surface area contributed by atoms with Crippen molar-refractivity contribution in [3.05, 3.63) is 28.5 Å². The van der Waals surface area contributed by atoms with Crippen molar-refractivity contribution in [2.45, 2.75) is 0 Å². The van der Waals surface area contributed by atoms with Gasteiger partial charge in [0.1, 0.15) is 5.88 Å². The number of rotatable bonds is 2. The van der Waals surface area contributed by atoms with E-state index in [4.69, 9.17) is 11.6 Å². The van der Waals surface area contributed by atoms with Crippen LogP contribution in [0.2, 0.25) is 0 Å². The van der Waals surface area contributed by atoms with Gasteiger partial charge in [-0.15, -0.1) is 11.6 Å². The molecule has 0 atom stereocenters.